The van der Waals surface area contributed by atoms with Crippen LogP contribution in [0.1, 0.15) is 25.7 Å². The SMILES string of the molecule is CS(=O)(=O)OC[C@@H]1CCC[C@@H](COS(C)(=O)=O)C1. The van der Waals surface area contributed by atoms with Crippen LogP contribution in [0, 0.1) is 11.8 Å². The van der Waals surface area contributed by atoms with Crippen LogP contribution < -0.4 is 0 Å². The first-order valence-electron chi connectivity index (χ1n) is 5.84. The Balaban J connectivity index is 2.37. The van der Waals surface area contributed by atoms with Crippen molar-refractivity contribution in [3.05, 3.63) is 0 Å². The first-order chi connectivity index (χ1) is 8.16. The molecule has 0 aliphatic heterocycles. The van der Waals surface area contributed by atoms with Gasteiger partial charge in [0.2, 0.25) is 0 Å². The first kappa shape index (κ1) is 15.9. The van der Waals surface area contributed by atoms with Gasteiger partial charge < -0.3 is 0 Å². The molecule has 0 aromatic heterocycles. The second kappa shape index (κ2) is 6.31. The largest absolute Gasteiger partial charge is 0.270 e. The maximum atomic E-state index is 10.9. The van der Waals surface area contributed by atoms with E-state index in [0.29, 0.717) is 0 Å². The van der Waals surface area contributed by atoms with Crippen molar-refractivity contribution in [3.8, 4) is 0 Å². The number of hydrogen-bond donors (Lipinski definition) is 0. The summed E-state index contributed by atoms with van der Waals surface area (Å²) < 4.78 is 53.1. The second-order valence-electron chi connectivity index (χ2n) is 4.88. The maximum absolute atomic E-state index is 10.9. The zero-order valence-electron chi connectivity index (χ0n) is 10.7. The van der Waals surface area contributed by atoms with Crippen LogP contribution in [0.5, 0.6) is 0 Å². The Morgan fingerprint density at radius 1 is 0.889 bits per heavy atom. The molecule has 1 saturated carbocycles. The Bertz CT molecular complexity index is 411. The highest BCUT2D eigenvalue weighted by Gasteiger charge is 2.24. The molecule has 0 unspecified atom stereocenters. The van der Waals surface area contributed by atoms with Gasteiger partial charge in [-0.15, -0.1) is 0 Å². The van der Waals surface area contributed by atoms with E-state index in [1.54, 1.807) is 0 Å². The summed E-state index contributed by atoms with van der Waals surface area (Å²) in [5.74, 6) is 0.309. The predicted octanol–water partition coefficient (Wildman–Crippen LogP) is 0.745. The maximum Gasteiger partial charge on any atom is 0.264 e. The third kappa shape index (κ3) is 7.30. The van der Waals surface area contributed by atoms with Gasteiger partial charge in [0.25, 0.3) is 20.2 Å². The van der Waals surface area contributed by atoms with Crippen LogP contribution in [0.3, 0.4) is 0 Å². The fraction of sp³-hybridized carbons (Fsp3) is 1.00. The van der Waals surface area contributed by atoms with Gasteiger partial charge in [0.05, 0.1) is 25.7 Å². The third-order valence-corrected chi connectivity index (χ3v) is 4.06. The molecule has 6 nitrogen and oxygen atoms in total. The first-order valence-corrected chi connectivity index (χ1v) is 9.48. The van der Waals surface area contributed by atoms with E-state index in [-0.39, 0.29) is 25.0 Å². The fourth-order valence-corrected chi connectivity index (χ4v) is 3.02. The van der Waals surface area contributed by atoms with Crippen LogP contribution in [0.4, 0.5) is 0 Å². The molecule has 1 fully saturated rings. The molecule has 1 aliphatic carbocycles. The van der Waals surface area contributed by atoms with Gasteiger partial charge >= 0.3 is 0 Å². The highest BCUT2D eigenvalue weighted by molar-refractivity contribution is 7.86. The molecule has 1 rings (SSSR count). The van der Waals surface area contributed by atoms with Crippen LogP contribution in [0.2, 0.25) is 0 Å². The third-order valence-electron chi connectivity index (χ3n) is 2.93. The Kier molecular flexibility index (Phi) is 5.57. The molecule has 0 aromatic carbocycles. The fourth-order valence-electron chi connectivity index (χ4n) is 2.14. The van der Waals surface area contributed by atoms with Crippen LogP contribution >= 0.6 is 0 Å². The van der Waals surface area contributed by atoms with E-state index < -0.39 is 20.2 Å². The van der Waals surface area contributed by atoms with E-state index in [1.807, 2.05) is 0 Å². The minimum atomic E-state index is -3.40. The summed E-state index contributed by atoms with van der Waals surface area (Å²) in [6.07, 6.45) is 5.55. The standard InChI is InChI=1S/C10H20O6S2/c1-17(11,12)15-7-9-4-3-5-10(6-9)8-16-18(2,13)14/h9-10H,3-8H2,1-2H3/t9-,10-/m1/s1. The number of hydrogen-bond acceptors (Lipinski definition) is 6. The van der Waals surface area contributed by atoms with Crippen molar-refractivity contribution in [2.75, 3.05) is 25.7 Å². The normalized spacial score (nSPS) is 26.1. The smallest absolute Gasteiger partial charge is 0.264 e. The zero-order valence-corrected chi connectivity index (χ0v) is 12.3. The molecule has 0 aromatic rings. The Hall–Kier alpha value is -0.180. The zero-order chi connectivity index (χ0) is 13.8. The lowest BCUT2D eigenvalue weighted by atomic mass is 9.82. The summed E-state index contributed by atoms with van der Waals surface area (Å²) in [6, 6.07) is 0. The summed E-state index contributed by atoms with van der Waals surface area (Å²) in [5.41, 5.74) is 0. The quantitative estimate of drug-likeness (QED) is 0.673. The summed E-state index contributed by atoms with van der Waals surface area (Å²) in [6.45, 7) is 0.350. The van der Waals surface area contributed by atoms with Crippen LogP contribution in [0.15, 0.2) is 0 Å². The van der Waals surface area contributed by atoms with Gasteiger partial charge in [-0.25, -0.2) is 0 Å². The van der Waals surface area contributed by atoms with E-state index in [9.17, 15) is 16.8 Å². The molecule has 1 aliphatic rings. The van der Waals surface area contributed by atoms with E-state index in [0.717, 1.165) is 38.2 Å². The minimum absolute atomic E-state index is 0.154. The van der Waals surface area contributed by atoms with Crippen molar-refractivity contribution < 1.29 is 25.2 Å². The highest BCUT2D eigenvalue weighted by atomic mass is 32.2. The van der Waals surface area contributed by atoms with Gasteiger partial charge in [-0.05, 0) is 31.1 Å². The molecule has 0 N–H and O–H groups in total. The highest BCUT2D eigenvalue weighted by Crippen LogP contribution is 2.29. The van der Waals surface area contributed by atoms with Gasteiger partial charge in [0, 0.05) is 0 Å². The molecule has 0 spiro atoms. The van der Waals surface area contributed by atoms with E-state index in [4.69, 9.17) is 8.37 Å². The summed E-state index contributed by atoms with van der Waals surface area (Å²) in [5, 5.41) is 0. The molecular weight excluding hydrogens is 280 g/mol. The lowest BCUT2D eigenvalue weighted by Gasteiger charge is -2.28. The molecule has 8 heteroatoms. The lowest BCUT2D eigenvalue weighted by Crippen LogP contribution is -2.24. The van der Waals surface area contributed by atoms with Crippen molar-refractivity contribution in [1.29, 1.82) is 0 Å². The number of rotatable bonds is 6. The van der Waals surface area contributed by atoms with Gasteiger partial charge in [0.1, 0.15) is 0 Å². The summed E-state index contributed by atoms with van der Waals surface area (Å²) in [7, 11) is -6.81. The molecule has 0 saturated heterocycles. The van der Waals surface area contributed by atoms with Crippen molar-refractivity contribution in [3.63, 3.8) is 0 Å². The Morgan fingerprint density at radius 2 is 1.28 bits per heavy atom. The van der Waals surface area contributed by atoms with Crippen molar-refractivity contribution in [2.45, 2.75) is 25.7 Å². The molecule has 0 bridgehead atoms. The second-order valence-corrected chi connectivity index (χ2v) is 8.16. The van der Waals surface area contributed by atoms with E-state index in [1.165, 1.54) is 0 Å². The topological polar surface area (TPSA) is 86.7 Å². The average Bonchev–Trinajstić information content (AvgIpc) is 2.22. The molecular formula is C10H20O6S2. The monoisotopic (exact) mass is 300 g/mol. The Labute approximate surface area is 109 Å². The van der Waals surface area contributed by atoms with Gasteiger partial charge in [-0.3, -0.25) is 8.37 Å². The summed E-state index contributed by atoms with van der Waals surface area (Å²) >= 11 is 0. The van der Waals surface area contributed by atoms with Crippen molar-refractivity contribution in [2.24, 2.45) is 11.8 Å². The Morgan fingerprint density at radius 3 is 1.61 bits per heavy atom. The average molecular weight is 300 g/mol. The molecule has 0 heterocycles. The van der Waals surface area contributed by atoms with Crippen molar-refractivity contribution in [1.82, 2.24) is 0 Å². The molecule has 2 atom stereocenters. The molecule has 0 radical (unpaired) electrons. The van der Waals surface area contributed by atoms with E-state index in [2.05, 4.69) is 0 Å². The molecule has 108 valence electrons. The van der Waals surface area contributed by atoms with E-state index >= 15 is 0 Å². The van der Waals surface area contributed by atoms with Gasteiger partial charge in [-0.1, -0.05) is 6.42 Å². The minimum Gasteiger partial charge on any atom is -0.270 e. The van der Waals surface area contributed by atoms with Gasteiger partial charge in [0.15, 0.2) is 0 Å². The molecule has 0 amide bonds. The lowest BCUT2D eigenvalue weighted by molar-refractivity contribution is 0.144. The van der Waals surface area contributed by atoms with Crippen LogP contribution in [0.25, 0.3) is 0 Å². The van der Waals surface area contributed by atoms with Crippen molar-refractivity contribution >= 4 is 20.2 Å². The molecule has 18 heavy (non-hydrogen) atoms. The predicted molar refractivity (Wildman–Crippen MR) is 67.0 cm³/mol. The van der Waals surface area contributed by atoms with Crippen LogP contribution in [-0.4, -0.2) is 42.6 Å². The summed E-state index contributed by atoms with van der Waals surface area (Å²) in [4.78, 5) is 0. The van der Waals surface area contributed by atoms with Crippen LogP contribution in [-0.2, 0) is 28.6 Å². The van der Waals surface area contributed by atoms with Gasteiger partial charge in [-0.2, -0.15) is 16.8 Å².